The van der Waals surface area contributed by atoms with E-state index in [-0.39, 0.29) is 75.4 Å². The second kappa shape index (κ2) is 16.4. The Morgan fingerprint density at radius 2 is 1.59 bits per heavy atom. The van der Waals surface area contributed by atoms with Gasteiger partial charge in [0.2, 0.25) is 5.58 Å². The van der Waals surface area contributed by atoms with Crippen molar-refractivity contribution < 1.29 is 67.5 Å². The van der Waals surface area contributed by atoms with Crippen molar-refractivity contribution >= 4 is 49.8 Å². The lowest BCUT2D eigenvalue weighted by molar-refractivity contribution is -0.678. The van der Waals surface area contributed by atoms with E-state index in [1.54, 1.807) is 4.57 Å². The number of carboxylic acid groups (broad SMARTS) is 1. The maximum absolute atomic E-state index is 15.7. The summed E-state index contributed by atoms with van der Waals surface area (Å²) in [6, 6.07) is 3.82. The highest BCUT2D eigenvalue weighted by Crippen LogP contribution is 2.54. The normalized spacial score (nSPS) is 17.7. The minimum Gasteiger partial charge on any atom is -0.481 e. The van der Waals surface area contributed by atoms with Crippen molar-refractivity contribution in [3.63, 3.8) is 0 Å². The lowest BCUT2D eigenvalue weighted by Crippen LogP contribution is -2.35. The van der Waals surface area contributed by atoms with Crippen LogP contribution < -0.4 is 9.47 Å². The minimum atomic E-state index is -4.35. The monoisotopic (exact) mass is 767 g/mol. The predicted molar refractivity (Wildman–Crippen MR) is 180 cm³/mol. The van der Waals surface area contributed by atoms with Gasteiger partial charge in [-0.1, -0.05) is 18.9 Å². The molecule has 0 saturated carbocycles. The number of aryl methyl sites for hydroxylation is 1. The Kier molecular flexibility index (Phi) is 12.9. The van der Waals surface area contributed by atoms with Gasteiger partial charge in [-0.05, 0) is 57.2 Å². The van der Waals surface area contributed by atoms with Crippen LogP contribution in [0.4, 0.5) is 27.6 Å². The Balaban J connectivity index is 1.79. The first-order valence-corrected chi connectivity index (χ1v) is 19.4. The van der Waals surface area contributed by atoms with Crippen LogP contribution >= 0.6 is 10.9 Å². The van der Waals surface area contributed by atoms with Crippen LogP contribution in [0.3, 0.4) is 0 Å². The summed E-state index contributed by atoms with van der Waals surface area (Å²) >= 11 is 0. The fraction of sp³-hybridized carbons (Fsp3) is 0.455. The van der Waals surface area contributed by atoms with Gasteiger partial charge in [0.05, 0.1) is 28.4 Å². The second-order valence-electron chi connectivity index (χ2n) is 12.6. The molecule has 0 radical (unpaired) electrons. The third-order valence-corrected chi connectivity index (χ3v) is 10.4. The van der Waals surface area contributed by atoms with Crippen molar-refractivity contribution in [2.45, 2.75) is 76.7 Å². The molecule has 0 saturated heterocycles. The van der Waals surface area contributed by atoms with Gasteiger partial charge in [0, 0.05) is 47.9 Å². The number of carbonyl (C=O) groups is 1. The molecule has 1 atom stereocenters. The van der Waals surface area contributed by atoms with Gasteiger partial charge in [0.15, 0.2) is 29.8 Å². The Bertz CT molecular complexity index is 1930. The fourth-order valence-corrected chi connectivity index (χ4v) is 7.55. The van der Waals surface area contributed by atoms with E-state index in [9.17, 15) is 44.6 Å². The van der Waals surface area contributed by atoms with Gasteiger partial charge in [-0.15, -0.1) is 0 Å². The topological polar surface area (TPSA) is 173 Å². The molecule has 5 N–H and O–H groups in total. The lowest BCUT2D eigenvalue weighted by atomic mass is 9.76. The summed E-state index contributed by atoms with van der Waals surface area (Å²) in [6.45, 7) is 1.61. The molecule has 0 spiro atoms. The summed E-state index contributed by atoms with van der Waals surface area (Å²) in [6.07, 6.45) is 5.47. The lowest BCUT2D eigenvalue weighted by Gasteiger charge is -2.30. The number of halogens is 5. The molecule has 51 heavy (non-hydrogen) atoms. The molecule has 0 fully saturated rings. The van der Waals surface area contributed by atoms with Crippen LogP contribution in [0, 0.1) is 29.1 Å². The molecule has 18 heteroatoms. The van der Waals surface area contributed by atoms with Crippen LogP contribution in [0.15, 0.2) is 40.5 Å². The molecule has 3 aromatic rings. The van der Waals surface area contributed by atoms with E-state index in [2.05, 4.69) is 0 Å². The van der Waals surface area contributed by atoms with E-state index in [0.717, 1.165) is 0 Å². The molecule has 2 heterocycles. The Morgan fingerprint density at radius 1 is 0.902 bits per heavy atom. The molecular formula is C33H40F5N2O9S2+. The zero-order valence-electron chi connectivity index (χ0n) is 27.6. The van der Waals surface area contributed by atoms with Gasteiger partial charge in [0.1, 0.15) is 5.82 Å². The van der Waals surface area contributed by atoms with E-state index < -0.39 is 78.5 Å². The number of fused-ring (bicyclic) bond motifs is 2. The molecule has 4 rings (SSSR count). The number of unbranched alkanes of at least 4 members (excludes halogenated alkanes) is 4. The van der Waals surface area contributed by atoms with Crippen molar-refractivity contribution in [1.82, 2.24) is 0 Å². The third kappa shape index (κ3) is 9.87. The number of aliphatic carboxylic acids is 1. The van der Waals surface area contributed by atoms with Crippen molar-refractivity contribution in [2.75, 3.05) is 23.0 Å². The van der Waals surface area contributed by atoms with Gasteiger partial charge in [-0.2, -0.15) is 13.0 Å². The van der Waals surface area contributed by atoms with E-state index in [4.69, 9.17) is 9.52 Å². The van der Waals surface area contributed by atoms with Crippen molar-refractivity contribution in [3.8, 4) is 0 Å². The van der Waals surface area contributed by atoms with E-state index in [1.807, 2.05) is 0 Å². The number of oxazole rings is 1. The SMILES string of the molecule is CC1(CCCCS(=O)(=O)O)/C(=C\C=C\c2oc3ccc(F)cc3[n+]2CCCCS(O)(O)O)N(CCCCCC(=O)O)c2c(F)c(F)c(F)c(F)c21. The van der Waals surface area contributed by atoms with Gasteiger partial charge in [0.25, 0.3) is 15.6 Å². The molecular weight excluding hydrogens is 727 g/mol. The highest BCUT2D eigenvalue weighted by molar-refractivity contribution is 8.19. The number of hydrogen-bond acceptors (Lipinski definition) is 8. The maximum Gasteiger partial charge on any atom is 0.374 e. The van der Waals surface area contributed by atoms with Crippen molar-refractivity contribution in [1.29, 1.82) is 0 Å². The predicted octanol–water partition coefficient (Wildman–Crippen LogP) is 7.80. The largest absolute Gasteiger partial charge is 0.481 e. The standard InChI is InChI=1S/C33H39F5N2O9S2/c1-33(15-4-7-18-50(43,44)45)24(40(17-5-2-3-12-26(41)42)32-27(33)28(35)29(36)30(37)31(32)38)10-9-11-25-39(16-6-8-19-51(46,47)48)22-20-21(34)13-14-23(22)49-25/h9-11,13-14,20H,2-8,12,15-19H2,1H3,(H4-,41,42,43,44,45,46,47,48)/p+1. The van der Waals surface area contributed by atoms with Gasteiger partial charge >= 0.3 is 11.9 Å². The van der Waals surface area contributed by atoms with Gasteiger partial charge < -0.3 is 28.1 Å². The summed E-state index contributed by atoms with van der Waals surface area (Å²) < 4.78 is 142. The number of carboxylic acids is 1. The third-order valence-electron chi connectivity index (χ3n) is 8.76. The van der Waals surface area contributed by atoms with Crippen LogP contribution in [0.25, 0.3) is 17.2 Å². The second-order valence-corrected chi connectivity index (χ2v) is 15.8. The molecule has 282 valence electrons. The number of hydrogen-bond donors (Lipinski definition) is 5. The van der Waals surface area contributed by atoms with E-state index in [0.29, 0.717) is 23.9 Å². The maximum atomic E-state index is 15.7. The number of anilines is 1. The van der Waals surface area contributed by atoms with E-state index >= 15 is 8.78 Å². The van der Waals surface area contributed by atoms with E-state index in [1.165, 1.54) is 48.3 Å². The van der Waals surface area contributed by atoms with Crippen molar-refractivity contribution in [2.24, 2.45) is 0 Å². The zero-order chi connectivity index (χ0) is 37.7. The molecule has 11 nitrogen and oxygen atoms in total. The summed E-state index contributed by atoms with van der Waals surface area (Å²) in [5.41, 5.74) is -1.76. The number of allylic oxidation sites excluding steroid dienone is 3. The smallest absolute Gasteiger partial charge is 0.374 e. The average Bonchev–Trinajstić information content (AvgIpc) is 3.49. The molecule has 1 aliphatic rings. The first kappa shape index (κ1) is 40.2. The fourth-order valence-electron chi connectivity index (χ4n) is 6.38. The summed E-state index contributed by atoms with van der Waals surface area (Å²) in [7, 11) is -8.06. The minimum absolute atomic E-state index is 0.0386. The number of benzene rings is 2. The number of rotatable bonds is 18. The van der Waals surface area contributed by atoms with Crippen LogP contribution in [-0.2, 0) is 26.9 Å². The zero-order valence-corrected chi connectivity index (χ0v) is 29.3. The van der Waals surface area contributed by atoms with Crippen molar-refractivity contribution in [3.05, 3.63) is 76.6 Å². The molecule has 0 amide bonds. The first-order valence-electron chi connectivity index (χ1n) is 16.1. The molecule has 1 aliphatic heterocycles. The first-order chi connectivity index (χ1) is 23.8. The van der Waals surface area contributed by atoms with Crippen LogP contribution in [-0.4, -0.2) is 55.8 Å². The Morgan fingerprint density at radius 3 is 2.25 bits per heavy atom. The highest BCUT2D eigenvalue weighted by atomic mass is 32.3. The number of aromatic nitrogens is 1. The number of nitrogens with zero attached hydrogens (tertiary/aromatic N) is 2. The quantitative estimate of drug-likeness (QED) is 0.0215. The molecule has 2 aromatic carbocycles. The highest BCUT2D eigenvalue weighted by Gasteiger charge is 2.49. The molecule has 1 aromatic heterocycles. The Hall–Kier alpha value is -3.55. The van der Waals surface area contributed by atoms with Gasteiger partial charge in [-0.3, -0.25) is 9.35 Å². The van der Waals surface area contributed by atoms with Gasteiger partial charge in [-0.25, -0.2) is 22.0 Å². The summed E-state index contributed by atoms with van der Waals surface area (Å²) in [5, 5.41) is 9.00. The average molecular weight is 768 g/mol. The van der Waals surface area contributed by atoms with Crippen LogP contribution in [0.1, 0.15) is 76.2 Å². The molecule has 0 bridgehead atoms. The summed E-state index contributed by atoms with van der Waals surface area (Å²) in [5.74, 6) is -9.61. The van der Waals surface area contributed by atoms with Crippen LogP contribution in [0.2, 0.25) is 0 Å². The Labute approximate surface area is 293 Å². The molecule has 1 unspecified atom stereocenters. The molecule has 0 aliphatic carbocycles. The van der Waals surface area contributed by atoms with Crippen LogP contribution in [0.5, 0.6) is 0 Å². The summed E-state index contributed by atoms with van der Waals surface area (Å²) in [4.78, 5) is 12.3.